The minimum absolute atomic E-state index is 0.00995. The summed E-state index contributed by atoms with van der Waals surface area (Å²) >= 11 is 0. The molecule has 3 N–H and O–H groups in total. The average Bonchev–Trinajstić information content (AvgIpc) is 2.82. The number of rotatable bonds is 8. The first-order valence-electron chi connectivity index (χ1n) is 11.1. The lowest BCUT2D eigenvalue weighted by atomic mass is 9.52. The van der Waals surface area contributed by atoms with Crippen LogP contribution < -0.4 is 25.3 Å². The van der Waals surface area contributed by atoms with Crippen molar-refractivity contribution >= 4 is 41.0 Å². The molecule has 3 rings (SSSR count). The van der Waals surface area contributed by atoms with Crippen molar-refractivity contribution in [3.05, 3.63) is 71.0 Å². The number of anilines is 1. The smallest absolute Gasteiger partial charge is 0.512 e. The fourth-order valence-electron chi connectivity index (χ4n) is 3.31. The number of benzene rings is 2. The van der Waals surface area contributed by atoms with Gasteiger partial charge in [0, 0.05) is 18.0 Å². The summed E-state index contributed by atoms with van der Waals surface area (Å²) in [6.07, 6.45) is -15.3. The topological polar surface area (TPSA) is 113 Å². The van der Waals surface area contributed by atoms with Gasteiger partial charge in [-0.05, 0) is 41.7 Å². The summed E-state index contributed by atoms with van der Waals surface area (Å²) in [5.74, 6) is -7.07. The molecule has 0 atom stereocenters. The third-order valence-corrected chi connectivity index (χ3v) is 4.89. The van der Waals surface area contributed by atoms with E-state index >= 15 is 0 Å². The SMILES string of the molecule is [B]C([B])([B])Oc1cc(OC(F)(F)F)ccc1Oc1cc(C(F)(F)F)cc(C(F)(F)F)c1C(=O)Nc1ccnc(C(N)=O)c1. The number of aromatic nitrogens is 1. The van der Waals surface area contributed by atoms with Crippen LogP contribution in [0.2, 0.25) is 0 Å². The normalized spacial score (nSPS) is 12.4. The van der Waals surface area contributed by atoms with Gasteiger partial charge in [0.05, 0.1) is 16.7 Å². The van der Waals surface area contributed by atoms with Gasteiger partial charge in [0.2, 0.25) is 0 Å². The zero-order chi connectivity index (χ0) is 32.5. The van der Waals surface area contributed by atoms with Gasteiger partial charge in [-0.2, -0.15) is 26.3 Å². The summed E-state index contributed by atoms with van der Waals surface area (Å²) in [5.41, 5.74) is -1.31. The first-order chi connectivity index (χ1) is 19.5. The number of nitrogens with two attached hydrogens (primary N) is 1. The second-order valence-electron chi connectivity index (χ2n) is 8.35. The van der Waals surface area contributed by atoms with Crippen LogP contribution in [0.5, 0.6) is 23.0 Å². The van der Waals surface area contributed by atoms with Crippen LogP contribution in [0.25, 0.3) is 0 Å². The number of nitrogens with one attached hydrogen (secondary N) is 1. The maximum atomic E-state index is 14.0. The number of halogens is 9. The highest BCUT2D eigenvalue weighted by atomic mass is 19.4. The molecule has 0 bridgehead atoms. The molecular weight excluding hydrogens is 602 g/mol. The molecule has 0 fully saturated rings. The van der Waals surface area contributed by atoms with E-state index < -0.39 is 81.2 Å². The third kappa shape index (κ3) is 8.99. The van der Waals surface area contributed by atoms with E-state index in [9.17, 15) is 49.1 Å². The number of amides is 2. The average molecular weight is 613 g/mol. The van der Waals surface area contributed by atoms with E-state index in [1.165, 1.54) is 0 Å². The first-order valence-corrected chi connectivity index (χ1v) is 11.1. The van der Waals surface area contributed by atoms with Crippen LogP contribution in [0.1, 0.15) is 32.0 Å². The van der Waals surface area contributed by atoms with Gasteiger partial charge in [-0.25, -0.2) is 0 Å². The van der Waals surface area contributed by atoms with E-state index in [4.69, 9.17) is 38.7 Å². The second-order valence-corrected chi connectivity index (χ2v) is 8.35. The number of carbonyl (C=O) groups is 2. The van der Waals surface area contributed by atoms with Gasteiger partial charge in [-0.3, -0.25) is 14.6 Å². The molecule has 6 radical (unpaired) electrons. The molecule has 0 aliphatic heterocycles. The molecule has 20 heteroatoms. The number of hydrogen-bond donors (Lipinski definition) is 2. The van der Waals surface area contributed by atoms with Gasteiger partial charge in [0.1, 0.15) is 40.7 Å². The van der Waals surface area contributed by atoms with E-state index in [1.807, 2.05) is 5.32 Å². The highest BCUT2D eigenvalue weighted by Crippen LogP contribution is 2.45. The zero-order valence-electron chi connectivity index (χ0n) is 20.8. The van der Waals surface area contributed by atoms with Gasteiger partial charge in [0.25, 0.3) is 11.8 Å². The minimum Gasteiger partial charge on any atom is -0.512 e. The summed E-state index contributed by atoms with van der Waals surface area (Å²) in [6.45, 7) is 0. The maximum absolute atomic E-state index is 14.0. The Bertz CT molecular complexity index is 1540. The Labute approximate surface area is 238 Å². The molecule has 220 valence electrons. The Hall–Kier alpha value is -4.51. The van der Waals surface area contributed by atoms with Crippen molar-refractivity contribution in [1.29, 1.82) is 0 Å². The van der Waals surface area contributed by atoms with Crippen LogP contribution >= 0.6 is 0 Å². The van der Waals surface area contributed by atoms with Crippen molar-refractivity contribution in [3.63, 3.8) is 0 Å². The number of alkyl halides is 9. The van der Waals surface area contributed by atoms with Crippen LogP contribution in [0, 0.1) is 0 Å². The number of hydrogen-bond acceptors (Lipinski definition) is 6. The quantitative estimate of drug-likeness (QED) is 0.283. The van der Waals surface area contributed by atoms with Gasteiger partial charge in [-0.1, -0.05) is 0 Å². The molecule has 0 saturated heterocycles. The highest BCUT2D eigenvalue weighted by molar-refractivity contribution is 6.58. The van der Waals surface area contributed by atoms with Crippen LogP contribution in [0.4, 0.5) is 45.2 Å². The molecule has 0 saturated carbocycles. The Morgan fingerprint density at radius 3 is 1.98 bits per heavy atom. The summed E-state index contributed by atoms with van der Waals surface area (Å²) in [6, 6.07) is 3.02. The predicted molar refractivity (Wildman–Crippen MR) is 131 cm³/mol. The summed E-state index contributed by atoms with van der Waals surface area (Å²) in [7, 11) is 15.8. The van der Waals surface area contributed by atoms with Crippen LogP contribution in [0.3, 0.4) is 0 Å². The molecule has 0 spiro atoms. The van der Waals surface area contributed by atoms with Crippen LogP contribution in [0.15, 0.2) is 48.7 Å². The summed E-state index contributed by atoms with van der Waals surface area (Å²) in [5, 5.41) is -0.713. The largest absolute Gasteiger partial charge is 0.573 e. The molecule has 43 heavy (non-hydrogen) atoms. The minimum atomic E-state index is -5.60. The van der Waals surface area contributed by atoms with Crippen LogP contribution in [-0.2, 0) is 12.4 Å². The maximum Gasteiger partial charge on any atom is 0.573 e. The molecule has 0 aliphatic rings. The van der Waals surface area contributed by atoms with Crippen LogP contribution in [-0.4, -0.2) is 52.0 Å². The second kappa shape index (κ2) is 11.6. The van der Waals surface area contributed by atoms with Gasteiger partial charge < -0.3 is 25.3 Å². The molecule has 0 unspecified atom stereocenters. The summed E-state index contributed by atoms with van der Waals surface area (Å²) in [4.78, 5) is 28.1. The molecule has 8 nitrogen and oxygen atoms in total. The van der Waals surface area contributed by atoms with Gasteiger partial charge in [-0.15, -0.1) is 13.2 Å². The number of nitrogens with zero attached hydrogens (tertiary/aromatic N) is 1. The van der Waals surface area contributed by atoms with Crippen molar-refractivity contribution in [2.75, 3.05) is 5.32 Å². The molecule has 2 amide bonds. The number of ether oxygens (including phenoxy) is 3. The monoisotopic (exact) mass is 613 g/mol. The van der Waals surface area contributed by atoms with E-state index in [-0.39, 0.29) is 17.8 Å². The van der Waals surface area contributed by atoms with E-state index in [0.717, 1.165) is 18.3 Å². The standard InChI is InChI=1S/C23H11B3F9N3O5/c24-22(25,26)43-15-8-11(42-23(33,34)35)1-2-14(15)41-16-6-9(20(27,28)29)5-12(21(30,31)32)17(16)19(40)38-10-3-4-37-13(7-10)18(36)39/h1-8H,(H2,36,39)(H,37,38,40). The Kier molecular flexibility index (Phi) is 8.94. The number of carbonyl (C=O) groups excluding carboxylic acids is 2. The van der Waals surface area contributed by atoms with E-state index in [2.05, 4.69) is 9.72 Å². The van der Waals surface area contributed by atoms with Crippen molar-refractivity contribution in [3.8, 4) is 23.0 Å². The fourth-order valence-corrected chi connectivity index (χ4v) is 3.31. The molecule has 1 heterocycles. The zero-order valence-corrected chi connectivity index (χ0v) is 20.8. The molecule has 3 aromatic rings. The van der Waals surface area contributed by atoms with Crippen molar-refractivity contribution < 1.29 is 63.3 Å². The molecule has 1 aromatic heterocycles. The lowest BCUT2D eigenvalue weighted by molar-refractivity contribution is -0.274. The van der Waals surface area contributed by atoms with Crippen molar-refractivity contribution in [1.82, 2.24) is 4.98 Å². The molecule has 2 aromatic carbocycles. The summed E-state index contributed by atoms with van der Waals surface area (Å²) < 4.78 is 135. The lowest BCUT2D eigenvalue weighted by Gasteiger charge is -2.26. The number of pyridine rings is 1. The van der Waals surface area contributed by atoms with E-state index in [1.54, 1.807) is 0 Å². The molecular formula is C23H11B3F9N3O5. The van der Waals surface area contributed by atoms with Gasteiger partial charge >= 0.3 is 18.7 Å². The van der Waals surface area contributed by atoms with E-state index in [0.29, 0.717) is 18.2 Å². The lowest BCUT2D eigenvalue weighted by Crippen LogP contribution is -2.37. The Morgan fingerprint density at radius 1 is 0.791 bits per heavy atom. The predicted octanol–water partition coefficient (Wildman–Crippen LogP) is 4.66. The highest BCUT2D eigenvalue weighted by Gasteiger charge is 2.42. The van der Waals surface area contributed by atoms with Crippen molar-refractivity contribution in [2.24, 2.45) is 5.73 Å². The number of primary amides is 1. The van der Waals surface area contributed by atoms with Gasteiger partial charge in [0.15, 0.2) is 11.5 Å². The fraction of sp³-hybridized carbons (Fsp3) is 0.174. The first kappa shape index (κ1) is 33.0. The van der Waals surface area contributed by atoms with Crippen molar-refractivity contribution in [2.45, 2.75) is 24.0 Å². The molecule has 0 aliphatic carbocycles. The Morgan fingerprint density at radius 2 is 1.44 bits per heavy atom. The third-order valence-electron chi connectivity index (χ3n) is 4.89. The Balaban J connectivity index is 2.24.